The highest BCUT2D eigenvalue weighted by molar-refractivity contribution is 6.33. The molecule has 1 aromatic carbocycles. The van der Waals surface area contributed by atoms with Crippen LogP contribution in [-0.4, -0.2) is 52.3 Å². The van der Waals surface area contributed by atoms with Crippen molar-refractivity contribution in [1.29, 1.82) is 0 Å². The van der Waals surface area contributed by atoms with E-state index in [4.69, 9.17) is 11.6 Å². The van der Waals surface area contributed by atoms with Gasteiger partial charge in [0.1, 0.15) is 6.33 Å². The topological polar surface area (TPSA) is 93.8 Å². The Morgan fingerprint density at radius 2 is 2.23 bits per heavy atom. The van der Waals surface area contributed by atoms with Crippen LogP contribution >= 0.6 is 11.6 Å². The molecule has 3 aromatic rings. The monoisotopic (exact) mass is 426 g/mol. The standard InChI is InChI=1S/C20H23ClN8O/c1-13-7-15-10-20(9-13,11-28-6-5-23-26-28)29(15)19(30)24-14-3-4-17(21)16(8-14)18-22-12-27(2)25-18/h3-6,8,12-13,15H,7,9-11H2,1-2H3,(H,24,30)/t13-,15-,20+/m0/s1. The molecule has 156 valence electrons. The average molecular weight is 427 g/mol. The minimum Gasteiger partial charge on any atom is -0.314 e. The minimum atomic E-state index is -0.224. The van der Waals surface area contributed by atoms with E-state index in [1.54, 1.807) is 36.4 Å². The Balaban J connectivity index is 1.38. The molecule has 3 aliphatic rings. The van der Waals surface area contributed by atoms with Gasteiger partial charge in [-0.2, -0.15) is 5.10 Å². The molecule has 3 fully saturated rings. The molecule has 2 aromatic heterocycles. The van der Waals surface area contributed by atoms with E-state index in [2.05, 4.69) is 32.6 Å². The van der Waals surface area contributed by atoms with Crippen LogP contribution in [-0.2, 0) is 13.6 Å². The SMILES string of the molecule is C[C@H]1C[C@H]2C[C@@](Cn3ccnn3)(C1)N2C(=O)Nc1ccc(Cl)c(-c2ncn(C)n2)c1. The van der Waals surface area contributed by atoms with Crippen LogP contribution in [0.1, 0.15) is 26.2 Å². The number of aromatic nitrogens is 6. The lowest BCUT2D eigenvalue weighted by Crippen LogP contribution is -2.73. The van der Waals surface area contributed by atoms with Gasteiger partial charge in [-0.15, -0.1) is 5.10 Å². The Morgan fingerprint density at radius 1 is 1.37 bits per heavy atom. The quantitative estimate of drug-likeness (QED) is 0.691. The number of carbonyl (C=O) groups excluding carboxylic acids is 1. The van der Waals surface area contributed by atoms with Crippen molar-refractivity contribution in [2.45, 2.75) is 44.3 Å². The molecule has 2 amide bonds. The maximum Gasteiger partial charge on any atom is 0.322 e. The van der Waals surface area contributed by atoms with Gasteiger partial charge in [0.05, 0.1) is 23.3 Å². The third-order valence-corrected chi connectivity index (χ3v) is 6.43. The van der Waals surface area contributed by atoms with Crippen molar-refractivity contribution >= 4 is 23.3 Å². The molecule has 10 heteroatoms. The van der Waals surface area contributed by atoms with Crippen LogP contribution in [0, 0.1) is 5.92 Å². The molecule has 1 N–H and O–H groups in total. The van der Waals surface area contributed by atoms with Crippen molar-refractivity contribution in [2.24, 2.45) is 13.0 Å². The van der Waals surface area contributed by atoms with Crippen LogP contribution in [0.3, 0.4) is 0 Å². The summed E-state index contributed by atoms with van der Waals surface area (Å²) in [5.41, 5.74) is 1.13. The summed E-state index contributed by atoms with van der Waals surface area (Å²) in [4.78, 5) is 19.6. The molecular formula is C20H23ClN8O. The molecule has 6 rings (SSSR count). The van der Waals surface area contributed by atoms with E-state index in [1.165, 1.54) is 0 Å². The summed E-state index contributed by atoms with van der Waals surface area (Å²) in [5, 5.41) is 15.9. The zero-order valence-electron chi connectivity index (χ0n) is 16.9. The molecule has 3 atom stereocenters. The Kier molecular flexibility index (Phi) is 4.50. The highest BCUT2D eigenvalue weighted by Crippen LogP contribution is 2.50. The summed E-state index contributed by atoms with van der Waals surface area (Å²) in [5.74, 6) is 1.10. The lowest BCUT2D eigenvalue weighted by Gasteiger charge is -2.63. The number of hydrogen-bond donors (Lipinski definition) is 1. The molecule has 1 aliphatic carbocycles. The zero-order valence-corrected chi connectivity index (χ0v) is 17.6. The molecule has 0 unspecified atom stereocenters. The van der Waals surface area contributed by atoms with Gasteiger partial charge in [0.2, 0.25) is 0 Å². The van der Waals surface area contributed by atoms with Crippen molar-refractivity contribution in [3.8, 4) is 11.4 Å². The minimum absolute atomic E-state index is 0.0967. The van der Waals surface area contributed by atoms with Gasteiger partial charge in [0, 0.05) is 30.5 Å². The molecule has 1 saturated carbocycles. The third-order valence-electron chi connectivity index (χ3n) is 6.10. The number of hydrogen-bond acceptors (Lipinski definition) is 5. The van der Waals surface area contributed by atoms with E-state index in [1.807, 2.05) is 21.8 Å². The highest BCUT2D eigenvalue weighted by Gasteiger charge is 2.58. The first-order valence-electron chi connectivity index (χ1n) is 10.0. The molecule has 30 heavy (non-hydrogen) atoms. The number of piperidine rings is 1. The van der Waals surface area contributed by atoms with Crippen molar-refractivity contribution in [1.82, 2.24) is 34.7 Å². The van der Waals surface area contributed by atoms with E-state index < -0.39 is 0 Å². The fourth-order valence-corrected chi connectivity index (χ4v) is 5.30. The van der Waals surface area contributed by atoms with Crippen LogP contribution < -0.4 is 5.32 Å². The first-order chi connectivity index (χ1) is 14.4. The number of halogens is 1. The molecule has 4 heterocycles. The average Bonchev–Trinajstić information content (AvgIpc) is 3.34. The predicted molar refractivity (Wildman–Crippen MR) is 112 cm³/mol. The molecule has 0 spiro atoms. The van der Waals surface area contributed by atoms with Gasteiger partial charge in [-0.05, 0) is 43.4 Å². The van der Waals surface area contributed by atoms with Gasteiger partial charge in [-0.3, -0.25) is 9.36 Å². The summed E-state index contributed by atoms with van der Waals surface area (Å²) in [6, 6.07) is 5.53. The van der Waals surface area contributed by atoms with Gasteiger partial charge in [-0.25, -0.2) is 9.78 Å². The van der Waals surface area contributed by atoms with E-state index in [0.717, 1.165) is 19.3 Å². The number of anilines is 1. The maximum absolute atomic E-state index is 13.3. The summed E-state index contributed by atoms with van der Waals surface area (Å²) in [6.07, 6.45) is 8.12. The lowest BCUT2D eigenvalue weighted by atomic mass is 9.64. The highest BCUT2D eigenvalue weighted by atomic mass is 35.5. The van der Waals surface area contributed by atoms with Gasteiger partial charge in [0.25, 0.3) is 0 Å². The number of rotatable bonds is 4. The van der Waals surface area contributed by atoms with Crippen LogP contribution in [0.4, 0.5) is 10.5 Å². The van der Waals surface area contributed by atoms with Gasteiger partial charge in [-0.1, -0.05) is 23.7 Å². The molecule has 2 saturated heterocycles. The number of nitrogens with one attached hydrogen (secondary N) is 1. The van der Waals surface area contributed by atoms with Crippen molar-refractivity contribution in [3.63, 3.8) is 0 Å². The molecule has 2 bridgehead atoms. The lowest BCUT2D eigenvalue weighted by molar-refractivity contribution is -0.100. The fraction of sp³-hybridized carbons (Fsp3) is 0.450. The van der Waals surface area contributed by atoms with E-state index in [-0.39, 0.29) is 17.6 Å². The van der Waals surface area contributed by atoms with E-state index in [9.17, 15) is 4.79 Å². The Labute approximate surface area is 179 Å². The molecular weight excluding hydrogens is 404 g/mol. The van der Waals surface area contributed by atoms with Crippen molar-refractivity contribution < 1.29 is 4.79 Å². The van der Waals surface area contributed by atoms with Gasteiger partial charge < -0.3 is 10.2 Å². The number of benzene rings is 1. The molecule has 2 aliphatic heterocycles. The second kappa shape index (κ2) is 7.09. The number of fused-ring (bicyclic) bond motifs is 2. The Hall–Kier alpha value is -2.94. The zero-order chi connectivity index (χ0) is 20.9. The largest absolute Gasteiger partial charge is 0.322 e. The first-order valence-corrected chi connectivity index (χ1v) is 10.4. The molecule has 0 radical (unpaired) electrons. The summed E-state index contributed by atoms with van der Waals surface area (Å²) >= 11 is 6.35. The number of nitrogens with zero attached hydrogens (tertiary/aromatic N) is 7. The van der Waals surface area contributed by atoms with Gasteiger partial charge >= 0.3 is 6.03 Å². The predicted octanol–water partition coefficient (Wildman–Crippen LogP) is 3.20. The number of urea groups is 1. The Morgan fingerprint density at radius 3 is 2.97 bits per heavy atom. The van der Waals surface area contributed by atoms with Crippen molar-refractivity contribution in [2.75, 3.05) is 5.32 Å². The van der Waals surface area contributed by atoms with Crippen molar-refractivity contribution in [3.05, 3.63) is 41.9 Å². The second-order valence-electron chi connectivity index (χ2n) is 8.46. The van der Waals surface area contributed by atoms with E-state index in [0.29, 0.717) is 34.6 Å². The third kappa shape index (κ3) is 3.23. The van der Waals surface area contributed by atoms with Crippen LogP contribution in [0.25, 0.3) is 11.4 Å². The van der Waals surface area contributed by atoms with Crippen LogP contribution in [0.5, 0.6) is 0 Å². The summed E-state index contributed by atoms with van der Waals surface area (Å²) in [7, 11) is 1.80. The summed E-state index contributed by atoms with van der Waals surface area (Å²) < 4.78 is 3.44. The van der Waals surface area contributed by atoms with Crippen LogP contribution in [0.2, 0.25) is 5.02 Å². The second-order valence-corrected chi connectivity index (χ2v) is 8.87. The van der Waals surface area contributed by atoms with E-state index >= 15 is 0 Å². The smallest absolute Gasteiger partial charge is 0.314 e. The number of aryl methyl sites for hydroxylation is 1. The summed E-state index contributed by atoms with van der Waals surface area (Å²) in [6.45, 7) is 2.91. The maximum atomic E-state index is 13.3. The fourth-order valence-electron chi connectivity index (χ4n) is 5.10. The van der Waals surface area contributed by atoms with Crippen LogP contribution in [0.15, 0.2) is 36.9 Å². The normalized spacial score (nSPS) is 25.1. The number of carbonyl (C=O) groups is 1. The molecule has 9 nitrogen and oxygen atoms in total. The first kappa shape index (κ1) is 19.0. The Bertz CT molecular complexity index is 1080. The number of amides is 2. The van der Waals surface area contributed by atoms with Gasteiger partial charge in [0.15, 0.2) is 5.82 Å².